The summed E-state index contributed by atoms with van der Waals surface area (Å²) in [7, 11) is 5.72. The molecule has 14 heteroatoms. The topological polar surface area (TPSA) is 147 Å². The van der Waals surface area contributed by atoms with Crippen LogP contribution in [0.25, 0.3) is 33.2 Å². The molecular weight excluding hydrogens is 570 g/mol. The van der Waals surface area contributed by atoms with Crippen molar-refractivity contribution in [2.24, 2.45) is 7.05 Å². The van der Waals surface area contributed by atoms with Crippen LogP contribution in [-0.2, 0) is 7.05 Å². The third kappa shape index (κ3) is 5.34. The highest BCUT2D eigenvalue weighted by atomic mass is 16.1. The minimum atomic E-state index is -0.145. The van der Waals surface area contributed by atoms with Crippen molar-refractivity contribution >= 4 is 50.8 Å². The van der Waals surface area contributed by atoms with E-state index in [2.05, 4.69) is 90.9 Å². The van der Waals surface area contributed by atoms with E-state index in [0.717, 1.165) is 53.2 Å². The predicted octanol–water partition coefficient (Wildman–Crippen LogP) is 3.96. The fraction of sp³-hybridized carbons (Fsp3) is 0.452. The minimum Gasteiger partial charge on any atom is -0.369 e. The van der Waals surface area contributed by atoms with Gasteiger partial charge in [-0.3, -0.25) is 9.36 Å². The molecular formula is C31H41N13O. The molecule has 6 aromatic heterocycles. The summed E-state index contributed by atoms with van der Waals surface area (Å²) < 4.78 is 7.67. The van der Waals surface area contributed by atoms with E-state index >= 15 is 0 Å². The maximum absolute atomic E-state index is 12.6. The first-order valence-electron chi connectivity index (χ1n) is 15.3. The summed E-state index contributed by atoms with van der Waals surface area (Å²) in [5.74, 6) is 1.91. The zero-order valence-corrected chi connectivity index (χ0v) is 27.0. The van der Waals surface area contributed by atoms with Gasteiger partial charge in [-0.05, 0) is 52.7 Å². The summed E-state index contributed by atoms with van der Waals surface area (Å²) in [4.78, 5) is 44.5. The Bertz CT molecular complexity index is 2030. The van der Waals surface area contributed by atoms with Gasteiger partial charge in [0.1, 0.15) is 29.8 Å². The van der Waals surface area contributed by atoms with E-state index in [1.807, 2.05) is 24.1 Å². The molecule has 0 aliphatic heterocycles. The third-order valence-electron chi connectivity index (χ3n) is 8.81. The molecule has 0 aliphatic rings. The number of nitrogen functional groups attached to an aromatic ring is 1. The summed E-state index contributed by atoms with van der Waals surface area (Å²) in [5, 5.41) is 1.62. The quantitative estimate of drug-likeness (QED) is 0.228. The number of rotatable bonds is 11. The maximum atomic E-state index is 12.6. The maximum Gasteiger partial charge on any atom is 0.264 e. The fourth-order valence-corrected chi connectivity index (χ4v) is 5.92. The predicted molar refractivity (Wildman–Crippen MR) is 178 cm³/mol. The van der Waals surface area contributed by atoms with Crippen molar-refractivity contribution in [2.45, 2.75) is 58.7 Å². The molecule has 6 aromatic rings. The molecule has 0 bridgehead atoms. The largest absolute Gasteiger partial charge is 0.369 e. The Morgan fingerprint density at radius 3 is 2.07 bits per heavy atom. The van der Waals surface area contributed by atoms with E-state index in [0.29, 0.717) is 23.6 Å². The Labute approximate surface area is 261 Å². The number of nitrogens with two attached hydrogens (primary N) is 1. The van der Waals surface area contributed by atoms with E-state index in [9.17, 15) is 4.79 Å². The molecule has 2 N–H and O–H groups in total. The van der Waals surface area contributed by atoms with E-state index in [4.69, 9.17) is 10.7 Å². The third-order valence-corrected chi connectivity index (χ3v) is 8.81. The van der Waals surface area contributed by atoms with Gasteiger partial charge in [-0.1, -0.05) is 0 Å². The lowest BCUT2D eigenvalue weighted by Gasteiger charge is -2.23. The van der Waals surface area contributed by atoms with Crippen molar-refractivity contribution in [1.29, 1.82) is 0 Å². The summed E-state index contributed by atoms with van der Waals surface area (Å²) in [6.07, 6.45) is 10.8. The highest BCUT2D eigenvalue weighted by Crippen LogP contribution is 2.28. The van der Waals surface area contributed by atoms with Gasteiger partial charge in [-0.25, -0.2) is 24.9 Å². The van der Waals surface area contributed by atoms with Gasteiger partial charge in [-0.2, -0.15) is 4.98 Å². The molecule has 6 heterocycles. The Hall–Kier alpha value is -5.01. The van der Waals surface area contributed by atoms with Crippen LogP contribution < -0.4 is 21.1 Å². The van der Waals surface area contributed by atoms with Crippen LogP contribution in [0.1, 0.15) is 58.7 Å². The van der Waals surface area contributed by atoms with Gasteiger partial charge in [0, 0.05) is 64.8 Å². The average Bonchev–Trinajstić information content (AvgIpc) is 3.77. The molecule has 0 spiro atoms. The van der Waals surface area contributed by atoms with Crippen LogP contribution in [0.15, 0.2) is 48.3 Å². The number of fused-ring (bicyclic) bond motifs is 3. The van der Waals surface area contributed by atoms with Gasteiger partial charge in [0.25, 0.3) is 5.56 Å². The first-order valence-corrected chi connectivity index (χ1v) is 15.3. The standard InChI is InChI=1S/C31H41N13O/c1-19(2)42-14-10-22-25(33-16-34-26(22)42)39(5)12-9-21(4)44-18-37-24-28(35-17-36-29(24)44)40(6)13-8-20(3)43-15-11-23-27(43)38-31(32)41(7)30(23)45/h10-11,14-21H,8-9,12-13H2,1-7H3,(H2,32,38). The second kappa shape index (κ2) is 11.8. The van der Waals surface area contributed by atoms with Crippen molar-refractivity contribution in [3.63, 3.8) is 0 Å². The van der Waals surface area contributed by atoms with E-state index in [-0.39, 0.29) is 23.6 Å². The first-order chi connectivity index (χ1) is 21.6. The van der Waals surface area contributed by atoms with Crippen molar-refractivity contribution in [3.05, 3.63) is 53.9 Å². The zero-order chi connectivity index (χ0) is 32.0. The van der Waals surface area contributed by atoms with Crippen LogP contribution in [0, 0.1) is 0 Å². The highest BCUT2D eigenvalue weighted by molar-refractivity contribution is 5.88. The van der Waals surface area contributed by atoms with E-state index < -0.39 is 0 Å². The average molecular weight is 612 g/mol. The molecule has 0 aliphatic carbocycles. The van der Waals surface area contributed by atoms with Crippen LogP contribution >= 0.6 is 0 Å². The SMILES string of the molecule is CC(C)n1ccc2c(N(C)CCC(C)n3cnc4c(N(C)CCC(C)n5ccc6c(=O)n(C)c(N)nc65)ncnc43)ncnc21. The molecule has 0 fully saturated rings. The van der Waals surface area contributed by atoms with Gasteiger partial charge < -0.3 is 29.2 Å². The Morgan fingerprint density at radius 1 is 0.756 bits per heavy atom. The van der Waals surface area contributed by atoms with Gasteiger partial charge in [0.05, 0.1) is 17.1 Å². The van der Waals surface area contributed by atoms with Crippen LogP contribution in [0.5, 0.6) is 0 Å². The molecule has 2 atom stereocenters. The highest BCUT2D eigenvalue weighted by Gasteiger charge is 2.20. The van der Waals surface area contributed by atoms with Gasteiger partial charge in [-0.15, -0.1) is 0 Å². The lowest BCUT2D eigenvalue weighted by molar-refractivity contribution is 0.516. The summed E-state index contributed by atoms with van der Waals surface area (Å²) >= 11 is 0. The van der Waals surface area contributed by atoms with E-state index in [1.54, 1.807) is 25.8 Å². The molecule has 14 nitrogen and oxygen atoms in total. The van der Waals surface area contributed by atoms with Crippen molar-refractivity contribution in [2.75, 3.05) is 42.7 Å². The Balaban J connectivity index is 1.14. The van der Waals surface area contributed by atoms with Crippen molar-refractivity contribution in [3.8, 4) is 0 Å². The number of anilines is 3. The number of aromatic nitrogens is 10. The second-order valence-electron chi connectivity index (χ2n) is 12.2. The summed E-state index contributed by atoms with van der Waals surface area (Å²) in [6.45, 7) is 10.1. The van der Waals surface area contributed by atoms with E-state index in [1.165, 1.54) is 4.57 Å². The molecule has 0 saturated heterocycles. The fourth-order valence-electron chi connectivity index (χ4n) is 5.92. The minimum absolute atomic E-state index is 0.0795. The number of hydrogen-bond donors (Lipinski definition) is 1. The lowest BCUT2D eigenvalue weighted by Crippen LogP contribution is -2.24. The van der Waals surface area contributed by atoms with Gasteiger partial charge in [0.2, 0.25) is 5.95 Å². The molecule has 0 amide bonds. The van der Waals surface area contributed by atoms with Gasteiger partial charge in [0.15, 0.2) is 17.0 Å². The smallest absolute Gasteiger partial charge is 0.264 e. The molecule has 45 heavy (non-hydrogen) atoms. The number of nitrogens with zero attached hydrogens (tertiary/aromatic N) is 12. The molecule has 0 radical (unpaired) electrons. The number of hydrogen-bond acceptors (Lipinski definition) is 10. The normalized spacial score (nSPS) is 13.3. The van der Waals surface area contributed by atoms with Crippen LogP contribution in [-0.4, -0.2) is 75.4 Å². The molecule has 0 saturated carbocycles. The zero-order valence-electron chi connectivity index (χ0n) is 27.0. The van der Waals surface area contributed by atoms with Crippen LogP contribution in [0.4, 0.5) is 17.6 Å². The number of imidazole rings is 1. The van der Waals surface area contributed by atoms with Crippen molar-refractivity contribution < 1.29 is 0 Å². The van der Waals surface area contributed by atoms with Crippen LogP contribution in [0.3, 0.4) is 0 Å². The van der Waals surface area contributed by atoms with Crippen LogP contribution in [0.2, 0.25) is 0 Å². The second-order valence-corrected chi connectivity index (χ2v) is 12.2. The molecule has 2 unspecified atom stereocenters. The van der Waals surface area contributed by atoms with Gasteiger partial charge >= 0.3 is 0 Å². The Morgan fingerprint density at radius 2 is 1.36 bits per heavy atom. The first kappa shape index (κ1) is 30.0. The summed E-state index contributed by atoms with van der Waals surface area (Å²) in [5.41, 5.74) is 8.96. The Kier molecular flexibility index (Phi) is 7.89. The summed E-state index contributed by atoms with van der Waals surface area (Å²) in [6, 6.07) is 4.46. The molecule has 6 rings (SSSR count). The molecule has 236 valence electrons. The monoisotopic (exact) mass is 611 g/mol. The molecule has 0 aromatic carbocycles. The van der Waals surface area contributed by atoms with Crippen molar-refractivity contribution in [1.82, 2.24) is 48.2 Å². The lowest BCUT2D eigenvalue weighted by atomic mass is 10.2.